The van der Waals surface area contributed by atoms with Crippen LogP contribution in [0.3, 0.4) is 0 Å². The van der Waals surface area contributed by atoms with Crippen molar-refractivity contribution >= 4 is 17.2 Å². The molecule has 5 nitrogen and oxygen atoms in total. The summed E-state index contributed by atoms with van der Waals surface area (Å²) in [6.07, 6.45) is 10.2. The van der Waals surface area contributed by atoms with Gasteiger partial charge < -0.3 is 5.32 Å². The first-order chi connectivity index (χ1) is 10.2. The van der Waals surface area contributed by atoms with Crippen molar-refractivity contribution in [3.8, 4) is 12.3 Å². The summed E-state index contributed by atoms with van der Waals surface area (Å²) in [5, 5.41) is 14.1. The molecule has 0 atom stereocenters. The summed E-state index contributed by atoms with van der Waals surface area (Å²) in [7, 11) is 0. The molecule has 0 unspecified atom stereocenters. The van der Waals surface area contributed by atoms with E-state index in [4.69, 9.17) is 6.42 Å². The fourth-order valence-corrected chi connectivity index (χ4v) is 3.03. The summed E-state index contributed by atoms with van der Waals surface area (Å²) in [5.74, 6) is 3.28. The average Bonchev–Trinajstić information content (AvgIpc) is 3.42. The number of nitrogens with zero attached hydrogens (tertiary/aromatic N) is 3. The lowest BCUT2D eigenvalue weighted by molar-refractivity contribution is -0.121. The summed E-state index contributed by atoms with van der Waals surface area (Å²) in [6, 6.07) is 0. The van der Waals surface area contributed by atoms with Crippen LogP contribution in [-0.4, -0.2) is 16.6 Å². The van der Waals surface area contributed by atoms with E-state index < -0.39 is 0 Å². The van der Waals surface area contributed by atoms with Crippen LogP contribution in [0.25, 0.3) is 0 Å². The van der Waals surface area contributed by atoms with Gasteiger partial charge in [-0.2, -0.15) is 10.2 Å². The van der Waals surface area contributed by atoms with Gasteiger partial charge in [0, 0.05) is 37.0 Å². The number of nitrogens with one attached hydrogen (secondary N) is 1. The minimum absolute atomic E-state index is 0.0237. The Hall–Kier alpha value is -1.74. The average molecular weight is 302 g/mol. The molecule has 21 heavy (non-hydrogen) atoms. The second-order valence-corrected chi connectivity index (χ2v) is 6.55. The number of aromatic nitrogens is 1. The number of terminal acetylenes is 1. The van der Waals surface area contributed by atoms with Gasteiger partial charge in [-0.15, -0.1) is 23.7 Å². The van der Waals surface area contributed by atoms with E-state index in [2.05, 4.69) is 31.8 Å². The van der Waals surface area contributed by atoms with E-state index in [1.165, 1.54) is 18.5 Å². The molecule has 2 heterocycles. The van der Waals surface area contributed by atoms with Gasteiger partial charge >= 0.3 is 0 Å². The number of amides is 1. The first-order valence-corrected chi connectivity index (χ1v) is 8.17. The lowest BCUT2D eigenvalue weighted by atomic mass is 10.0. The molecule has 1 aromatic heterocycles. The first kappa shape index (κ1) is 14.2. The molecule has 0 saturated heterocycles. The molecule has 110 valence electrons. The summed E-state index contributed by atoms with van der Waals surface area (Å²) in [6.45, 7) is 0.516. The minimum atomic E-state index is -0.371. The number of thiazole rings is 1. The molecule has 1 amide bonds. The maximum absolute atomic E-state index is 11.9. The third kappa shape index (κ3) is 3.88. The molecule has 1 aromatic rings. The van der Waals surface area contributed by atoms with Crippen LogP contribution in [0.1, 0.15) is 55.1 Å². The van der Waals surface area contributed by atoms with Gasteiger partial charge in [-0.3, -0.25) is 4.79 Å². The van der Waals surface area contributed by atoms with Crippen molar-refractivity contribution in [3.05, 3.63) is 16.1 Å². The van der Waals surface area contributed by atoms with E-state index in [1.54, 1.807) is 11.3 Å². The summed E-state index contributed by atoms with van der Waals surface area (Å²) < 4.78 is 0. The van der Waals surface area contributed by atoms with Crippen LogP contribution in [0.15, 0.2) is 15.6 Å². The predicted octanol–water partition coefficient (Wildman–Crippen LogP) is 2.99. The van der Waals surface area contributed by atoms with Crippen molar-refractivity contribution < 1.29 is 4.79 Å². The molecule has 3 rings (SSSR count). The zero-order valence-electron chi connectivity index (χ0n) is 11.8. The molecule has 1 aliphatic carbocycles. The van der Waals surface area contributed by atoms with Gasteiger partial charge in [0.2, 0.25) is 5.91 Å². The third-order valence-corrected chi connectivity index (χ3v) is 4.67. The number of hydrogen-bond acceptors (Lipinski definition) is 5. The van der Waals surface area contributed by atoms with Gasteiger partial charge in [0.25, 0.3) is 0 Å². The normalized spacial score (nSPS) is 18.2. The van der Waals surface area contributed by atoms with Crippen LogP contribution in [0, 0.1) is 12.3 Å². The Morgan fingerprint density at radius 2 is 2.29 bits per heavy atom. The molecular formula is C15H18N4OS. The first-order valence-electron chi connectivity index (χ1n) is 7.29. The summed E-state index contributed by atoms with van der Waals surface area (Å²) in [5.41, 5.74) is 0.817. The minimum Gasteiger partial charge on any atom is -0.350 e. The van der Waals surface area contributed by atoms with Crippen molar-refractivity contribution in [2.45, 2.75) is 56.7 Å². The quantitative estimate of drug-likeness (QED) is 0.750. The van der Waals surface area contributed by atoms with Gasteiger partial charge in [0.15, 0.2) is 5.66 Å². The third-order valence-electron chi connectivity index (χ3n) is 3.81. The Balaban J connectivity index is 1.37. The second-order valence-electron chi connectivity index (χ2n) is 5.60. The Kier molecular flexibility index (Phi) is 4.02. The zero-order valence-corrected chi connectivity index (χ0v) is 12.7. The highest BCUT2D eigenvalue weighted by Gasteiger charge is 2.39. The van der Waals surface area contributed by atoms with Crippen molar-refractivity contribution in [1.82, 2.24) is 10.3 Å². The molecule has 0 bridgehead atoms. The number of carbonyl (C=O) groups excluding carboxylic acids is 1. The summed E-state index contributed by atoms with van der Waals surface area (Å²) in [4.78, 5) is 16.4. The topological polar surface area (TPSA) is 66.7 Å². The van der Waals surface area contributed by atoms with Crippen molar-refractivity contribution in [2.24, 2.45) is 10.2 Å². The van der Waals surface area contributed by atoms with E-state index in [1.807, 2.05) is 0 Å². The molecule has 0 radical (unpaired) electrons. The smallest absolute Gasteiger partial charge is 0.220 e. The lowest BCUT2D eigenvalue weighted by Gasteiger charge is -2.08. The Bertz CT molecular complexity index is 591. The molecule has 0 aromatic carbocycles. The maximum atomic E-state index is 11.9. The molecule has 1 saturated carbocycles. The van der Waals surface area contributed by atoms with Gasteiger partial charge in [-0.25, -0.2) is 4.98 Å². The van der Waals surface area contributed by atoms with Gasteiger partial charge in [0.05, 0.1) is 12.2 Å². The van der Waals surface area contributed by atoms with Crippen LogP contribution < -0.4 is 5.32 Å². The molecule has 1 N–H and O–H groups in total. The van der Waals surface area contributed by atoms with Gasteiger partial charge in [-0.1, -0.05) is 0 Å². The molecule has 2 aliphatic rings. The van der Waals surface area contributed by atoms with Crippen molar-refractivity contribution in [2.75, 3.05) is 0 Å². The van der Waals surface area contributed by atoms with Crippen LogP contribution in [0.4, 0.5) is 0 Å². The van der Waals surface area contributed by atoms with Crippen molar-refractivity contribution in [3.63, 3.8) is 0 Å². The molecule has 0 spiro atoms. The largest absolute Gasteiger partial charge is 0.350 e. The monoisotopic (exact) mass is 302 g/mol. The standard InChI is InChI=1S/C15H18N4OS/c1-2-3-7-15(18-19-15)8-6-13(20)16-9-14-17-12(10-21-14)11-4-5-11/h1,10-11H,3-9H2,(H,16,20). The number of rotatable bonds is 8. The Labute approximate surface area is 128 Å². The van der Waals surface area contributed by atoms with Crippen LogP contribution >= 0.6 is 11.3 Å². The van der Waals surface area contributed by atoms with E-state index in [-0.39, 0.29) is 11.6 Å². The fraction of sp³-hybridized carbons (Fsp3) is 0.600. The number of hydrogen-bond donors (Lipinski definition) is 1. The van der Waals surface area contributed by atoms with Crippen LogP contribution in [0.5, 0.6) is 0 Å². The fourth-order valence-electron chi connectivity index (χ4n) is 2.22. The second kappa shape index (κ2) is 5.94. The van der Waals surface area contributed by atoms with Crippen LogP contribution in [-0.2, 0) is 11.3 Å². The van der Waals surface area contributed by atoms with E-state index >= 15 is 0 Å². The highest BCUT2D eigenvalue weighted by Crippen LogP contribution is 2.40. The predicted molar refractivity (Wildman–Crippen MR) is 80.8 cm³/mol. The number of carbonyl (C=O) groups is 1. The highest BCUT2D eigenvalue weighted by atomic mass is 32.1. The molecule has 1 aliphatic heterocycles. The SMILES string of the molecule is C#CCCC1(CCC(=O)NCc2nc(C3CC3)cs2)N=N1. The van der Waals surface area contributed by atoms with Crippen molar-refractivity contribution in [1.29, 1.82) is 0 Å². The lowest BCUT2D eigenvalue weighted by Crippen LogP contribution is -2.24. The van der Waals surface area contributed by atoms with Gasteiger partial charge in [-0.05, 0) is 12.8 Å². The van der Waals surface area contributed by atoms with E-state index in [9.17, 15) is 4.79 Å². The summed E-state index contributed by atoms with van der Waals surface area (Å²) >= 11 is 1.62. The molecule has 6 heteroatoms. The Morgan fingerprint density at radius 3 is 2.95 bits per heavy atom. The maximum Gasteiger partial charge on any atom is 0.220 e. The Morgan fingerprint density at radius 1 is 1.48 bits per heavy atom. The van der Waals surface area contributed by atoms with E-state index in [0.717, 1.165) is 11.4 Å². The zero-order chi connectivity index (χ0) is 14.7. The molecular weight excluding hydrogens is 284 g/mol. The van der Waals surface area contributed by atoms with E-state index in [0.29, 0.717) is 31.7 Å². The molecule has 1 fully saturated rings. The highest BCUT2D eigenvalue weighted by molar-refractivity contribution is 7.09. The van der Waals surface area contributed by atoms with Crippen LogP contribution in [0.2, 0.25) is 0 Å². The van der Waals surface area contributed by atoms with Gasteiger partial charge in [0.1, 0.15) is 5.01 Å².